The third-order valence-electron chi connectivity index (χ3n) is 1.04. The van der Waals surface area contributed by atoms with E-state index in [0.717, 1.165) is 6.54 Å². The van der Waals surface area contributed by atoms with Crippen molar-refractivity contribution in [2.75, 3.05) is 6.54 Å². The molecular weight excluding hydrogens is 102 g/mol. The Hall–Kier alpha value is -0.570. The number of nitrogens with zero attached hydrogens (tertiary/aromatic N) is 2. The summed E-state index contributed by atoms with van der Waals surface area (Å²) in [5, 5.41) is 5.88. The lowest BCUT2D eigenvalue weighted by Crippen LogP contribution is -2.34. The molecule has 0 unspecified atom stereocenters. The Labute approximate surface area is 49.3 Å². The average Bonchev–Trinajstić information content (AvgIpc) is 2.12. The minimum absolute atomic E-state index is 0.466. The molecule has 8 heavy (non-hydrogen) atoms. The van der Waals surface area contributed by atoms with Gasteiger partial charge in [-0.2, -0.15) is 5.10 Å². The van der Waals surface area contributed by atoms with Crippen LogP contribution in [0.1, 0.15) is 13.8 Å². The van der Waals surface area contributed by atoms with Crippen LogP contribution in [0.2, 0.25) is 0 Å². The van der Waals surface area contributed by atoms with Crippen LogP contribution in [0.15, 0.2) is 5.10 Å². The van der Waals surface area contributed by atoms with E-state index in [9.17, 15) is 0 Å². The van der Waals surface area contributed by atoms with E-state index in [1.807, 2.05) is 11.3 Å². The van der Waals surface area contributed by atoms with Crippen molar-refractivity contribution in [2.45, 2.75) is 19.9 Å². The summed E-state index contributed by atoms with van der Waals surface area (Å²) in [6, 6.07) is 0.466. The normalized spacial score (nSPS) is 18.6. The van der Waals surface area contributed by atoms with Crippen LogP contribution in [0.25, 0.3) is 0 Å². The molecule has 46 valence electrons. The summed E-state index contributed by atoms with van der Waals surface area (Å²) < 4.78 is 0. The maximum absolute atomic E-state index is 4.03. The number of nitrogens with one attached hydrogen (secondary N) is 1. The third-order valence-corrected chi connectivity index (χ3v) is 1.04. The van der Waals surface area contributed by atoms with Crippen LogP contribution in [0.3, 0.4) is 0 Å². The van der Waals surface area contributed by atoms with Gasteiger partial charge >= 0.3 is 0 Å². The predicted octanol–water partition coefficient (Wildman–Crippen LogP) is 0.201. The summed E-state index contributed by atoms with van der Waals surface area (Å²) in [6.07, 6.45) is 1.86. The van der Waals surface area contributed by atoms with Crippen molar-refractivity contribution < 1.29 is 0 Å². The van der Waals surface area contributed by atoms with Gasteiger partial charge in [-0.05, 0) is 13.8 Å². The Morgan fingerprint density at radius 2 is 2.50 bits per heavy atom. The molecule has 3 nitrogen and oxygen atoms in total. The minimum atomic E-state index is 0.466. The molecule has 1 aliphatic rings. The van der Waals surface area contributed by atoms with E-state index in [1.54, 1.807) is 0 Å². The van der Waals surface area contributed by atoms with Gasteiger partial charge in [0.25, 0.3) is 0 Å². The van der Waals surface area contributed by atoms with Gasteiger partial charge in [0.2, 0.25) is 0 Å². The number of hydrogen-bond acceptors (Lipinski definition) is 3. The Balaban J connectivity index is 2.36. The third kappa shape index (κ3) is 0.980. The highest BCUT2D eigenvalue weighted by atomic mass is 15.7. The first-order valence-corrected chi connectivity index (χ1v) is 2.86. The van der Waals surface area contributed by atoms with Crippen molar-refractivity contribution in [1.29, 1.82) is 0 Å². The van der Waals surface area contributed by atoms with Crippen LogP contribution in [0.5, 0.6) is 0 Å². The van der Waals surface area contributed by atoms with Gasteiger partial charge in [-0.15, -0.1) is 0 Å². The zero-order valence-electron chi connectivity index (χ0n) is 5.26. The Morgan fingerprint density at radius 1 is 1.75 bits per heavy atom. The first-order valence-electron chi connectivity index (χ1n) is 2.86. The average molecular weight is 113 g/mol. The number of hydrazone groups is 1. The second kappa shape index (κ2) is 2.13. The SMILES string of the molecule is CC(C)N1N=CCN1. The molecular formula is C5H11N3. The van der Waals surface area contributed by atoms with Gasteiger partial charge in [-0.25, -0.2) is 10.5 Å². The lowest BCUT2D eigenvalue weighted by atomic mass is 10.4. The van der Waals surface area contributed by atoms with Gasteiger partial charge in [0.15, 0.2) is 0 Å². The largest absolute Gasteiger partial charge is 0.227 e. The van der Waals surface area contributed by atoms with Crippen LogP contribution in [0, 0.1) is 0 Å². The van der Waals surface area contributed by atoms with E-state index < -0.39 is 0 Å². The lowest BCUT2D eigenvalue weighted by molar-refractivity contribution is 0.180. The van der Waals surface area contributed by atoms with Crippen molar-refractivity contribution in [3.8, 4) is 0 Å². The standard InChI is InChI=1S/C5H11N3/c1-5(2)8-6-3-4-7-8/h3,5,7H,4H2,1-2H3. The number of hydrazine groups is 1. The zero-order chi connectivity index (χ0) is 5.98. The number of rotatable bonds is 1. The highest BCUT2D eigenvalue weighted by Crippen LogP contribution is 1.95. The molecule has 0 aromatic rings. The highest BCUT2D eigenvalue weighted by molar-refractivity contribution is 5.60. The van der Waals surface area contributed by atoms with E-state index in [0.29, 0.717) is 6.04 Å². The number of hydrogen-bond donors (Lipinski definition) is 1. The summed E-state index contributed by atoms with van der Waals surface area (Å²) in [5.74, 6) is 0. The fourth-order valence-electron chi connectivity index (χ4n) is 0.620. The van der Waals surface area contributed by atoms with Crippen molar-refractivity contribution in [3.63, 3.8) is 0 Å². The second-order valence-corrected chi connectivity index (χ2v) is 2.10. The Morgan fingerprint density at radius 3 is 2.75 bits per heavy atom. The molecule has 0 atom stereocenters. The fourth-order valence-corrected chi connectivity index (χ4v) is 0.620. The van der Waals surface area contributed by atoms with Crippen molar-refractivity contribution in [3.05, 3.63) is 0 Å². The molecule has 0 amide bonds. The summed E-state index contributed by atoms with van der Waals surface area (Å²) in [5.41, 5.74) is 3.07. The molecule has 0 radical (unpaired) electrons. The Kier molecular flexibility index (Phi) is 1.48. The topological polar surface area (TPSA) is 27.6 Å². The molecule has 0 fully saturated rings. The van der Waals surface area contributed by atoms with Gasteiger partial charge < -0.3 is 0 Å². The van der Waals surface area contributed by atoms with Crippen molar-refractivity contribution in [2.24, 2.45) is 5.10 Å². The zero-order valence-corrected chi connectivity index (χ0v) is 5.26. The van der Waals surface area contributed by atoms with Crippen molar-refractivity contribution in [1.82, 2.24) is 10.5 Å². The summed E-state index contributed by atoms with van der Waals surface area (Å²) in [4.78, 5) is 0. The van der Waals surface area contributed by atoms with Crippen LogP contribution in [-0.2, 0) is 0 Å². The second-order valence-electron chi connectivity index (χ2n) is 2.10. The maximum Gasteiger partial charge on any atom is 0.0586 e. The first kappa shape index (κ1) is 5.56. The molecule has 0 saturated heterocycles. The minimum Gasteiger partial charge on any atom is -0.227 e. The molecule has 0 aromatic heterocycles. The van der Waals surface area contributed by atoms with Gasteiger partial charge in [-0.3, -0.25) is 0 Å². The summed E-state index contributed by atoms with van der Waals surface area (Å²) in [6.45, 7) is 5.06. The van der Waals surface area contributed by atoms with Crippen LogP contribution in [0.4, 0.5) is 0 Å². The van der Waals surface area contributed by atoms with Crippen LogP contribution >= 0.6 is 0 Å². The molecule has 0 aliphatic carbocycles. The monoisotopic (exact) mass is 113 g/mol. The summed E-state index contributed by atoms with van der Waals surface area (Å²) >= 11 is 0. The van der Waals surface area contributed by atoms with Gasteiger partial charge in [-0.1, -0.05) is 0 Å². The molecule has 1 N–H and O–H groups in total. The molecule has 1 heterocycles. The van der Waals surface area contributed by atoms with E-state index in [-0.39, 0.29) is 0 Å². The predicted molar refractivity (Wildman–Crippen MR) is 33.5 cm³/mol. The molecule has 3 heteroatoms. The molecule has 1 aliphatic heterocycles. The molecule has 0 spiro atoms. The van der Waals surface area contributed by atoms with E-state index in [2.05, 4.69) is 24.4 Å². The van der Waals surface area contributed by atoms with Crippen LogP contribution in [-0.4, -0.2) is 23.9 Å². The van der Waals surface area contributed by atoms with Crippen molar-refractivity contribution >= 4 is 6.21 Å². The molecule has 0 aromatic carbocycles. The molecule has 0 bridgehead atoms. The first-order chi connectivity index (χ1) is 3.80. The van der Waals surface area contributed by atoms with E-state index >= 15 is 0 Å². The van der Waals surface area contributed by atoms with E-state index in [4.69, 9.17) is 0 Å². The smallest absolute Gasteiger partial charge is 0.0586 e. The van der Waals surface area contributed by atoms with Gasteiger partial charge in [0, 0.05) is 6.21 Å². The van der Waals surface area contributed by atoms with Gasteiger partial charge in [0.05, 0.1) is 12.6 Å². The van der Waals surface area contributed by atoms with E-state index in [1.165, 1.54) is 0 Å². The maximum atomic E-state index is 4.03. The van der Waals surface area contributed by atoms with Crippen LogP contribution < -0.4 is 5.43 Å². The Bertz CT molecular complexity index is 97.8. The fraction of sp³-hybridized carbons (Fsp3) is 0.800. The quantitative estimate of drug-likeness (QED) is 0.526. The summed E-state index contributed by atoms with van der Waals surface area (Å²) in [7, 11) is 0. The molecule has 1 rings (SSSR count). The highest BCUT2D eigenvalue weighted by Gasteiger charge is 2.06. The lowest BCUT2D eigenvalue weighted by Gasteiger charge is -2.17. The van der Waals surface area contributed by atoms with Gasteiger partial charge in [0.1, 0.15) is 0 Å². The molecule has 0 saturated carbocycles.